The minimum Gasteiger partial charge on any atom is -0.497 e. The Labute approximate surface area is 156 Å². The highest BCUT2D eigenvalue weighted by Gasteiger charge is 2.36. The fourth-order valence-corrected chi connectivity index (χ4v) is 3.99. The van der Waals surface area contributed by atoms with Crippen LogP contribution in [-0.4, -0.2) is 45.3 Å². The average molecular weight is 370 g/mol. The number of hydrogen-bond donors (Lipinski definition) is 2. The number of fused-ring (bicyclic) bond motifs is 2. The van der Waals surface area contributed by atoms with Gasteiger partial charge in [0.2, 0.25) is 11.8 Å². The molecule has 0 unspecified atom stereocenters. The lowest BCUT2D eigenvalue weighted by Gasteiger charge is -2.33. The quantitative estimate of drug-likeness (QED) is 0.838. The maximum absolute atomic E-state index is 13.3. The van der Waals surface area contributed by atoms with Gasteiger partial charge in [-0.15, -0.1) is 0 Å². The van der Waals surface area contributed by atoms with Gasteiger partial charge in [-0.2, -0.15) is 5.10 Å². The SMILES string of the molecule is COc1ccc2c(c1)[C@H](C(=O)N1CCc3c(c(CO)nn3C)C1)CC(=O)N2. The molecule has 0 saturated carbocycles. The van der Waals surface area contributed by atoms with E-state index in [1.165, 1.54) is 0 Å². The van der Waals surface area contributed by atoms with Crippen molar-refractivity contribution in [1.82, 2.24) is 14.7 Å². The van der Waals surface area contributed by atoms with E-state index in [1.54, 1.807) is 28.8 Å². The number of aliphatic hydroxyl groups is 1. The zero-order valence-corrected chi connectivity index (χ0v) is 15.4. The van der Waals surface area contributed by atoms with Crippen molar-refractivity contribution in [3.05, 3.63) is 40.7 Å². The van der Waals surface area contributed by atoms with E-state index in [0.29, 0.717) is 36.6 Å². The number of nitrogens with zero attached hydrogens (tertiary/aromatic N) is 3. The first-order valence-corrected chi connectivity index (χ1v) is 8.93. The van der Waals surface area contributed by atoms with E-state index in [0.717, 1.165) is 16.8 Å². The van der Waals surface area contributed by atoms with Crippen molar-refractivity contribution in [2.45, 2.75) is 31.9 Å². The number of aromatic nitrogens is 2. The van der Waals surface area contributed by atoms with Gasteiger partial charge in [-0.25, -0.2) is 0 Å². The summed E-state index contributed by atoms with van der Waals surface area (Å²) in [6.45, 7) is 0.806. The molecule has 142 valence electrons. The van der Waals surface area contributed by atoms with Crippen molar-refractivity contribution in [2.24, 2.45) is 7.05 Å². The Hall–Kier alpha value is -2.87. The molecule has 1 aromatic heterocycles. The third-order valence-corrected chi connectivity index (χ3v) is 5.38. The Morgan fingerprint density at radius 2 is 2.26 bits per heavy atom. The molecule has 0 saturated heterocycles. The smallest absolute Gasteiger partial charge is 0.231 e. The molecule has 0 aliphatic carbocycles. The highest BCUT2D eigenvalue weighted by Crippen LogP contribution is 2.37. The van der Waals surface area contributed by atoms with E-state index in [2.05, 4.69) is 10.4 Å². The molecule has 2 amide bonds. The van der Waals surface area contributed by atoms with Gasteiger partial charge in [0.15, 0.2) is 0 Å². The number of rotatable bonds is 3. The van der Waals surface area contributed by atoms with Gasteiger partial charge in [-0.3, -0.25) is 14.3 Å². The van der Waals surface area contributed by atoms with Gasteiger partial charge < -0.3 is 20.1 Å². The lowest BCUT2D eigenvalue weighted by Crippen LogP contribution is -2.41. The first kappa shape index (κ1) is 17.5. The minimum absolute atomic E-state index is 0.0854. The van der Waals surface area contributed by atoms with Crippen LogP contribution >= 0.6 is 0 Å². The molecule has 0 bridgehead atoms. The Bertz CT molecular complexity index is 921. The van der Waals surface area contributed by atoms with Gasteiger partial charge in [0, 0.05) is 49.9 Å². The lowest BCUT2D eigenvalue weighted by atomic mass is 9.88. The molecule has 3 heterocycles. The first-order chi connectivity index (χ1) is 13.0. The first-order valence-electron chi connectivity index (χ1n) is 8.93. The van der Waals surface area contributed by atoms with Crippen LogP contribution in [0.3, 0.4) is 0 Å². The summed E-state index contributed by atoms with van der Waals surface area (Å²) in [6.07, 6.45) is 0.788. The monoisotopic (exact) mass is 370 g/mol. The Balaban J connectivity index is 1.65. The summed E-state index contributed by atoms with van der Waals surface area (Å²) in [5.74, 6) is -0.142. The van der Waals surface area contributed by atoms with Crippen LogP contribution in [0.15, 0.2) is 18.2 Å². The molecule has 2 aliphatic heterocycles. The van der Waals surface area contributed by atoms with Gasteiger partial charge in [0.05, 0.1) is 25.3 Å². The van der Waals surface area contributed by atoms with Crippen LogP contribution in [0.5, 0.6) is 5.75 Å². The zero-order chi connectivity index (χ0) is 19.1. The summed E-state index contributed by atoms with van der Waals surface area (Å²) < 4.78 is 7.06. The van der Waals surface area contributed by atoms with Crippen molar-refractivity contribution in [3.8, 4) is 5.75 Å². The second-order valence-electron chi connectivity index (χ2n) is 6.92. The number of carbonyl (C=O) groups is 2. The second kappa shape index (κ2) is 6.70. The fourth-order valence-electron chi connectivity index (χ4n) is 3.99. The van der Waals surface area contributed by atoms with Crippen molar-refractivity contribution in [2.75, 3.05) is 19.0 Å². The van der Waals surface area contributed by atoms with Crippen LogP contribution < -0.4 is 10.1 Å². The van der Waals surface area contributed by atoms with Crippen molar-refractivity contribution < 1.29 is 19.4 Å². The van der Waals surface area contributed by atoms with Gasteiger partial charge in [-0.05, 0) is 23.8 Å². The molecule has 1 atom stereocenters. The van der Waals surface area contributed by atoms with Crippen molar-refractivity contribution in [3.63, 3.8) is 0 Å². The number of aryl methyl sites for hydroxylation is 1. The number of nitrogens with one attached hydrogen (secondary N) is 1. The number of amides is 2. The number of carbonyl (C=O) groups excluding carboxylic acids is 2. The standard InChI is InChI=1S/C19H22N4O4/c1-22-17-5-6-23(9-14(17)16(10-24)21-22)19(26)13-8-18(25)20-15-4-3-11(27-2)7-12(13)15/h3-4,7,13,24H,5-6,8-10H2,1-2H3,(H,20,25)/t13-/m1/s1. The van der Waals surface area contributed by atoms with E-state index in [-0.39, 0.29) is 24.8 Å². The Kier molecular flexibility index (Phi) is 4.35. The van der Waals surface area contributed by atoms with Crippen molar-refractivity contribution >= 4 is 17.5 Å². The van der Waals surface area contributed by atoms with E-state index in [4.69, 9.17) is 4.74 Å². The summed E-state index contributed by atoms with van der Waals surface area (Å²) in [5, 5.41) is 16.7. The lowest BCUT2D eigenvalue weighted by molar-refractivity contribution is -0.135. The van der Waals surface area contributed by atoms with Gasteiger partial charge >= 0.3 is 0 Å². The molecular formula is C19H22N4O4. The predicted molar refractivity (Wildman–Crippen MR) is 97.2 cm³/mol. The van der Waals surface area contributed by atoms with Crippen LogP contribution in [0.1, 0.15) is 34.9 Å². The van der Waals surface area contributed by atoms with Gasteiger partial charge in [0.25, 0.3) is 0 Å². The largest absolute Gasteiger partial charge is 0.497 e. The summed E-state index contributed by atoms with van der Waals surface area (Å²) in [4.78, 5) is 27.2. The van der Waals surface area contributed by atoms with Crippen LogP contribution in [0, 0.1) is 0 Å². The molecule has 2 aliphatic rings. The molecule has 8 heteroatoms. The fraction of sp³-hybridized carbons (Fsp3) is 0.421. The van der Waals surface area contributed by atoms with E-state index >= 15 is 0 Å². The average Bonchev–Trinajstić information content (AvgIpc) is 3.01. The number of anilines is 1. The van der Waals surface area contributed by atoms with Crippen LogP contribution in [-0.2, 0) is 36.2 Å². The van der Waals surface area contributed by atoms with Gasteiger partial charge in [-0.1, -0.05) is 0 Å². The normalized spacial score (nSPS) is 18.6. The highest BCUT2D eigenvalue weighted by molar-refractivity contribution is 6.01. The maximum atomic E-state index is 13.3. The molecular weight excluding hydrogens is 348 g/mol. The van der Waals surface area contributed by atoms with E-state index in [1.807, 2.05) is 13.1 Å². The highest BCUT2D eigenvalue weighted by atomic mass is 16.5. The third kappa shape index (κ3) is 2.95. The van der Waals surface area contributed by atoms with E-state index in [9.17, 15) is 14.7 Å². The van der Waals surface area contributed by atoms with E-state index < -0.39 is 5.92 Å². The number of benzene rings is 1. The maximum Gasteiger partial charge on any atom is 0.231 e. The molecule has 8 nitrogen and oxygen atoms in total. The number of hydrogen-bond acceptors (Lipinski definition) is 5. The molecule has 0 fully saturated rings. The molecule has 0 spiro atoms. The third-order valence-electron chi connectivity index (χ3n) is 5.38. The summed E-state index contributed by atoms with van der Waals surface area (Å²) in [5.41, 5.74) is 3.99. The molecule has 4 rings (SSSR count). The van der Waals surface area contributed by atoms with Crippen LogP contribution in [0.4, 0.5) is 5.69 Å². The summed E-state index contributed by atoms with van der Waals surface area (Å²) >= 11 is 0. The zero-order valence-electron chi connectivity index (χ0n) is 15.4. The summed E-state index contributed by atoms with van der Waals surface area (Å²) in [6, 6.07) is 5.35. The topological polar surface area (TPSA) is 96.7 Å². The van der Waals surface area contributed by atoms with Crippen molar-refractivity contribution in [1.29, 1.82) is 0 Å². The summed E-state index contributed by atoms with van der Waals surface area (Å²) in [7, 11) is 3.43. The molecule has 1 aromatic carbocycles. The number of aliphatic hydroxyl groups excluding tert-OH is 1. The Morgan fingerprint density at radius 3 is 3.00 bits per heavy atom. The molecule has 2 aromatic rings. The molecule has 27 heavy (non-hydrogen) atoms. The van der Waals surface area contributed by atoms with Gasteiger partial charge in [0.1, 0.15) is 5.75 Å². The van der Waals surface area contributed by atoms with Crippen LogP contribution in [0.25, 0.3) is 0 Å². The minimum atomic E-state index is -0.542. The Morgan fingerprint density at radius 1 is 1.44 bits per heavy atom. The number of ether oxygens (including phenoxy) is 1. The molecule has 0 radical (unpaired) electrons. The van der Waals surface area contributed by atoms with Crippen LogP contribution in [0.2, 0.25) is 0 Å². The molecule has 2 N–H and O–H groups in total. The number of methoxy groups -OCH3 is 1. The predicted octanol–water partition coefficient (Wildman–Crippen LogP) is 0.932. The second-order valence-corrected chi connectivity index (χ2v) is 6.92.